The van der Waals surface area contributed by atoms with Crippen LogP contribution in [0, 0.1) is 5.41 Å². The first-order chi connectivity index (χ1) is 7.29. The van der Waals surface area contributed by atoms with Gasteiger partial charge in [-0.3, -0.25) is 4.90 Å². The van der Waals surface area contributed by atoms with E-state index in [1.165, 1.54) is 0 Å². The van der Waals surface area contributed by atoms with E-state index in [0.29, 0.717) is 5.75 Å². The van der Waals surface area contributed by atoms with Crippen molar-refractivity contribution in [1.82, 2.24) is 4.90 Å². The van der Waals surface area contributed by atoms with Crippen LogP contribution in [-0.2, 0) is 9.84 Å². The smallest absolute Gasteiger partial charge is 0.151 e. The lowest BCUT2D eigenvalue weighted by Gasteiger charge is -2.34. The molecular formula is C11H23NO3S. The number of hydrogen-bond donors (Lipinski definition) is 1. The fourth-order valence-electron chi connectivity index (χ4n) is 2.16. The third-order valence-electron chi connectivity index (χ3n) is 3.19. The van der Waals surface area contributed by atoms with E-state index in [0.717, 1.165) is 19.5 Å². The summed E-state index contributed by atoms with van der Waals surface area (Å²) in [6.07, 6.45) is 0.734. The van der Waals surface area contributed by atoms with Crippen LogP contribution < -0.4 is 0 Å². The molecule has 1 saturated heterocycles. The van der Waals surface area contributed by atoms with Crippen molar-refractivity contribution in [3.8, 4) is 0 Å². The molecule has 0 saturated carbocycles. The molecule has 1 atom stereocenters. The molecule has 0 spiro atoms. The van der Waals surface area contributed by atoms with Gasteiger partial charge in [-0.05, 0) is 13.0 Å². The van der Waals surface area contributed by atoms with Crippen LogP contribution in [-0.4, -0.2) is 55.7 Å². The van der Waals surface area contributed by atoms with Gasteiger partial charge in [0.1, 0.15) is 0 Å². The predicted molar refractivity (Wildman–Crippen MR) is 65.2 cm³/mol. The standard InChI is InChI=1S/C11H23NO3S/c1-4-12(8-11(2,3)9-13)10-5-6-16(14,15)7-10/h10,13H,4-9H2,1-3H3. The average Bonchev–Trinajstić information content (AvgIpc) is 2.55. The van der Waals surface area contributed by atoms with E-state index in [1.54, 1.807) is 0 Å². The fourth-order valence-corrected chi connectivity index (χ4v) is 3.92. The van der Waals surface area contributed by atoms with Crippen molar-refractivity contribution < 1.29 is 13.5 Å². The molecule has 0 aromatic heterocycles. The van der Waals surface area contributed by atoms with Gasteiger partial charge in [-0.1, -0.05) is 20.8 Å². The Morgan fingerprint density at radius 1 is 1.44 bits per heavy atom. The highest BCUT2D eigenvalue weighted by molar-refractivity contribution is 7.91. The maximum atomic E-state index is 11.4. The Morgan fingerprint density at radius 3 is 2.44 bits per heavy atom. The van der Waals surface area contributed by atoms with Crippen LogP contribution in [0.5, 0.6) is 0 Å². The number of rotatable bonds is 5. The molecule has 0 aromatic carbocycles. The van der Waals surface area contributed by atoms with Gasteiger partial charge in [0.2, 0.25) is 0 Å². The van der Waals surface area contributed by atoms with Crippen LogP contribution in [0.2, 0.25) is 0 Å². The van der Waals surface area contributed by atoms with Crippen molar-refractivity contribution in [1.29, 1.82) is 0 Å². The van der Waals surface area contributed by atoms with Crippen molar-refractivity contribution in [3.63, 3.8) is 0 Å². The van der Waals surface area contributed by atoms with Crippen molar-refractivity contribution in [2.75, 3.05) is 31.2 Å². The molecule has 1 N–H and O–H groups in total. The monoisotopic (exact) mass is 249 g/mol. The summed E-state index contributed by atoms with van der Waals surface area (Å²) in [5, 5.41) is 9.24. The molecule has 1 aliphatic rings. The van der Waals surface area contributed by atoms with Gasteiger partial charge in [-0.25, -0.2) is 8.42 Å². The van der Waals surface area contributed by atoms with Gasteiger partial charge in [0.25, 0.3) is 0 Å². The number of aliphatic hydroxyl groups is 1. The second-order valence-corrected chi connectivity index (χ2v) is 7.67. The molecule has 1 fully saturated rings. The van der Waals surface area contributed by atoms with Gasteiger partial charge in [0.05, 0.1) is 11.5 Å². The summed E-state index contributed by atoms with van der Waals surface area (Å²) < 4.78 is 22.8. The molecule has 1 rings (SSSR count). The molecule has 0 bridgehead atoms. The summed E-state index contributed by atoms with van der Waals surface area (Å²) in [5.74, 6) is 0.593. The van der Waals surface area contributed by atoms with Crippen molar-refractivity contribution in [3.05, 3.63) is 0 Å². The van der Waals surface area contributed by atoms with Crippen LogP contribution in [0.15, 0.2) is 0 Å². The molecule has 0 radical (unpaired) electrons. The molecule has 0 aromatic rings. The van der Waals surface area contributed by atoms with Crippen LogP contribution >= 0.6 is 0 Å². The maximum Gasteiger partial charge on any atom is 0.151 e. The number of sulfone groups is 1. The SMILES string of the molecule is CCN(CC(C)(C)CO)C1CCS(=O)(=O)C1. The maximum absolute atomic E-state index is 11.4. The Labute approximate surface area is 98.6 Å². The first kappa shape index (κ1) is 13.9. The van der Waals surface area contributed by atoms with E-state index in [1.807, 2.05) is 20.8 Å². The highest BCUT2D eigenvalue weighted by Crippen LogP contribution is 2.22. The van der Waals surface area contributed by atoms with E-state index >= 15 is 0 Å². The number of aliphatic hydroxyl groups excluding tert-OH is 1. The highest BCUT2D eigenvalue weighted by atomic mass is 32.2. The van der Waals surface area contributed by atoms with E-state index in [4.69, 9.17) is 0 Å². The molecule has 0 aliphatic carbocycles. The molecule has 1 heterocycles. The Bertz CT molecular complexity index is 324. The molecule has 1 unspecified atom stereocenters. The van der Waals surface area contributed by atoms with Gasteiger partial charge in [0, 0.05) is 24.6 Å². The molecule has 16 heavy (non-hydrogen) atoms. The summed E-state index contributed by atoms with van der Waals surface area (Å²) in [6.45, 7) is 7.75. The van der Waals surface area contributed by atoms with Crippen LogP contribution in [0.3, 0.4) is 0 Å². The van der Waals surface area contributed by atoms with E-state index in [-0.39, 0.29) is 23.8 Å². The number of nitrogens with zero attached hydrogens (tertiary/aromatic N) is 1. The zero-order valence-corrected chi connectivity index (χ0v) is 11.3. The van der Waals surface area contributed by atoms with Crippen molar-refractivity contribution >= 4 is 9.84 Å². The Morgan fingerprint density at radius 2 is 2.06 bits per heavy atom. The third kappa shape index (κ3) is 3.71. The minimum atomic E-state index is -2.82. The first-order valence-corrected chi connectivity index (χ1v) is 7.67. The zero-order chi connectivity index (χ0) is 12.4. The largest absolute Gasteiger partial charge is 0.396 e. The van der Waals surface area contributed by atoms with Gasteiger partial charge >= 0.3 is 0 Å². The molecule has 4 nitrogen and oxygen atoms in total. The Balaban J connectivity index is 2.63. The van der Waals surface area contributed by atoms with Gasteiger partial charge in [-0.15, -0.1) is 0 Å². The highest BCUT2D eigenvalue weighted by Gasteiger charge is 2.33. The van der Waals surface area contributed by atoms with E-state index < -0.39 is 9.84 Å². The first-order valence-electron chi connectivity index (χ1n) is 5.85. The quantitative estimate of drug-likeness (QED) is 0.771. The average molecular weight is 249 g/mol. The minimum absolute atomic E-state index is 0.128. The predicted octanol–water partition coefficient (Wildman–Crippen LogP) is 0.514. The van der Waals surface area contributed by atoms with Crippen molar-refractivity contribution in [2.24, 2.45) is 5.41 Å². The molecule has 0 amide bonds. The minimum Gasteiger partial charge on any atom is -0.396 e. The lowest BCUT2D eigenvalue weighted by atomic mass is 9.93. The fraction of sp³-hybridized carbons (Fsp3) is 1.00. The normalized spacial score (nSPS) is 25.2. The molecular weight excluding hydrogens is 226 g/mol. The van der Waals surface area contributed by atoms with Gasteiger partial charge in [-0.2, -0.15) is 0 Å². The Hall–Kier alpha value is -0.130. The summed E-state index contributed by atoms with van der Waals surface area (Å²) in [5.41, 5.74) is -0.164. The van der Waals surface area contributed by atoms with Gasteiger partial charge < -0.3 is 5.11 Å². The summed E-state index contributed by atoms with van der Waals surface area (Å²) in [7, 11) is -2.82. The zero-order valence-electron chi connectivity index (χ0n) is 10.4. The van der Waals surface area contributed by atoms with Crippen LogP contribution in [0.25, 0.3) is 0 Å². The lowest BCUT2D eigenvalue weighted by Crippen LogP contribution is -2.43. The topological polar surface area (TPSA) is 57.6 Å². The summed E-state index contributed by atoms with van der Waals surface area (Å²) >= 11 is 0. The second kappa shape index (κ2) is 5.02. The van der Waals surface area contributed by atoms with Crippen molar-refractivity contribution in [2.45, 2.75) is 33.2 Å². The lowest BCUT2D eigenvalue weighted by molar-refractivity contribution is 0.0875. The van der Waals surface area contributed by atoms with Crippen LogP contribution in [0.1, 0.15) is 27.2 Å². The van der Waals surface area contributed by atoms with Crippen LogP contribution in [0.4, 0.5) is 0 Å². The van der Waals surface area contributed by atoms with Gasteiger partial charge in [0.15, 0.2) is 9.84 Å². The summed E-state index contributed by atoms with van der Waals surface area (Å²) in [4.78, 5) is 2.18. The van der Waals surface area contributed by atoms with E-state index in [9.17, 15) is 13.5 Å². The molecule has 1 aliphatic heterocycles. The number of hydrogen-bond acceptors (Lipinski definition) is 4. The Kier molecular flexibility index (Phi) is 4.37. The van der Waals surface area contributed by atoms with E-state index in [2.05, 4.69) is 4.90 Å². The summed E-state index contributed by atoms with van der Waals surface area (Å²) in [6, 6.07) is 0.140. The molecule has 5 heteroatoms. The third-order valence-corrected chi connectivity index (χ3v) is 4.94. The second-order valence-electron chi connectivity index (χ2n) is 5.44. The molecule has 96 valence electrons.